The van der Waals surface area contributed by atoms with Gasteiger partial charge in [-0.1, -0.05) is 6.07 Å². The number of hydrogen-bond acceptors (Lipinski definition) is 6. The van der Waals surface area contributed by atoms with Crippen LogP contribution < -0.4 is 0 Å². The average Bonchev–Trinajstić information content (AvgIpc) is 3.16. The molecular weight excluding hydrogens is 296 g/mol. The Labute approximate surface area is 124 Å². The van der Waals surface area contributed by atoms with Crippen LogP contribution in [-0.2, 0) is 4.74 Å². The number of aliphatic hydroxyl groups excluding tert-OH is 2. The average molecular weight is 310 g/mol. The monoisotopic (exact) mass is 310 g/mol. The van der Waals surface area contributed by atoms with Gasteiger partial charge >= 0.3 is 5.82 Å². The van der Waals surface area contributed by atoms with Gasteiger partial charge in [0.25, 0.3) is 0 Å². The third-order valence-corrected chi connectivity index (χ3v) is 4.43. The van der Waals surface area contributed by atoms with Crippen LogP contribution in [0.25, 0.3) is 10.4 Å². The summed E-state index contributed by atoms with van der Waals surface area (Å²) in [6.07, 6.45) is -0.313. The van der Waals surface area contributed by atoms with Crippen molar-refractivity contribution in [3.8, 4) is 10.4 Å². The number of ether oxygens (including phenoxy) is 1. The molecule has 0 amide bonds. The molecule has 0 bridgehead atoms. The molecule has 1 aliphatic rings. The zero-order valence-corrected chi connectivity index (χ0v) is 11.8. The Morgan fingerprint density at radius 1 is 1.57 bits per heavy atom. The Kier molecular flexibility index (Phi) is 3.77. The molecule has 2 aromatic rings. The largest absolute Gasteiger partial charge is 0.394 e. The zero-order valence-electron chi connectivity index (χ0n) is 11.0. The van der Waals surface area contributed by atoms with Crippen LogP contribution in [0.15, 0.2) is 29.8 Å². The molecule has 1 saturated heterocycles. The highest BCUT2D eigenvalue weighted by Gasteiger charge is 2.39. The first-order valence-corrected chi connectivity index (χ1v) is 7.32. The molecule has 3 heterocycles. The van der Waals surface area contributed by atoms with Crippen molar-refractivity contribution in [3.05, 3.63) is 39.9 Å². The van der Waals surface area contributed by atoms with Gasteiger partial charge in [-0.2, -0.15) is 0 Å². The third kappa shape index (κ3) is 2.58. The van der Waals surface area contributed by atoms with Crippen LogP contribution >= 0.6 is 11.3 Å². The number of hydrogen-bond donors (Lipinski definition) is 2. The molecule has 0 unspecified atom stereocenters. The van der Waals surface area contributed by atoms with Gasteiger partial charge in [0.05, 0.1) is 12.7 Å². The zero-order chi connectivity index (χ0) is 15.0. The van der Waals surface area contributed by atoms with E-state index < -0.39 is 23.4 Å². The van der Waals surface area contributed by atoms with Gasteiger partial charge in [-0.15, -0.1) is 11.3 Å². The van der Waals surface area contributed by atoms with Gasteiger partial charge < -0.3 is 25.1 Å². The molecule has 112 valence electrons. The molecule has 8 heteroatoms. The Hall–Kier alpha value is -1.74. The van der Waals surface area contributed by atoms with E-state index in [2.05, 4.69) is 0 Å². The summed E-state index contributed by atoms with van der Waals surface area (Å²) in [5.41, 5.74) is 0.738. The van der Waals surface area contributed by atoms with Crippen molar-refractivity contribution in [2.45, 2.75) is 24.9 Å². The molecular formula is C13H14N2O5S. The van der Waals surface area contributed by atoms with Crippen molar-refractivity contribution < 1.29 is 19.9 Å². The van der Waals surface area contributed by atoms with Crippen LogP contribution in [0.2, 0.25) is 0 Å². The number of aromatic nitrogens is 1. The van der Waals surface area contributed by atoms with Crippen molar-refractivity contribution in [3.63, 3.8) is 0 Å². The molecule has 0 aliphatic carbocycles. The SMILES string of the molecule is O=[N+]([O-])c1cc(-c2cccs2)cn1[C@H]1C[C@H](O)[C@@H](CO)O1. The smallest absolute Gasteiger partial charge is 0.325 e. The van der Waals surface area contributed by atoms with Crippen LogP contribution in [0.4, 0.5) is 5.82 Å². The molecule has 1 fully saturated rings. The maximum atomic E-state index is 11.2. The van der Waals surface area contributed by atoms with E-state index in [1.54, 1.807) is 6.20 Å². The third-order valence-electron chi connectivity index (χ3n) is 3.51. The van der Waals surface area contributed by atoms with Crippen molar-refractivity contribution in [2.75, 3.05) is 6.61 Å². The number of nitro groups is 1. The van der Waals surface area contributed by atoms with E-state index in [1.807, 2.05) is 17.5 Å². The second-order valence-electron chi connectivity index (χ2n) is 4.84. The van der Waals surface area contributed by atoms with Crippen molar-refractivity contribution in [1.82, 2.24) is 4.57 Å². The minimum Gasteiger partial charge on any atom is -0.394 e. The van der Waals surface area contributed by atoms with E-state index in [1.165, 1.54) is 22.0 Å². The molecule has 2 aromatic heterocycles. The molecule has 0 radical (unpaired) electrons. The lowest BCUT2D eigenvalue weighted by atomic mass is 10.2. The molecule has 0 saturated carbocycles. The number of nitrogens with zero attached hydrogens (tertiary/aromatic N) is 2. The summed E-state index contributed by atoms with van der Waals surface area (Å²) in [6, 6.07) is 5.25. The molecule has 3 rings (SSSR count). The van der Waals surface area contributed by atoms with Gasteiger partial charge in [0.1, 0.15) is 12.3 Å². The standard InChI is InChI=1S/C13H14N2O5S/c16-7-10-9(17)5-13(20-10)14-6-8(4-12(14)15(18)19)11-2-1-3-21-11/h1-4,6,9-10,13,16-17H,5,7H2/t9-,10+,13+/m0/s1. The van der Waals surface area contributed by atoms with E-state index in [4.69, 9.17) is 9.84 Å². The minimum absolute atomic E-state index is 0.0887. The van der Waals surface area contributed by atoms with Gasteiger partial charge in [0, 0.05) is 22.9 Å². The summed E-state index contributed by atoms with van der Waals surface area (Å²) < 4.78 is 6.90. The highest BCUT2D eigenvalue weighted by Crippen LogP contribution is 2.36. The van der Waals surface area contributed by atoms with Crippen LogP contribution in [0, 0.1) is 10.1 Å². The first-order chi connectivity index (χ1) is 10.1. The fraction of sp³-hybridized carbons (Fsp3) is 0.385. The maximum Gasteiger partial charge on any atom is 0.325 e. The Morgan fingerprint density at radius 3 is 2.95 bits per heavy atom. The van der Waals surface area contributed by atoms with E-state index in [0.717, 1.165) is 10.4 Å². The minimum atomic E-state index is -0.827. The number of aliphatic hydroxyl groups is 2. The van der Waals surface area contributed by atoms with Crippen LogP contribution in [-0.4, -0.2) is 38.5 Å². The van der Waals surface area contributed by atoms with Gasteiger partial charge in [0.2, 0.25) is 6.23 Å². The fourth-order valence-corrected chi connectivity index (χ4v) is 3.18. The second-order valence-corrected chi connectivity index (χ2v) is 5.79. The summed E-state index contributed by atoms with van der Waals surface area (Å²) in [5.74, 6) is -0.0887. The van der Waals surface area contributed by atoms with Gasteiger partial charge in [-0.25, -0.2) is 4.57 Å². The van der Waals surface area contributed by atoms with Crippen molar-refractivity contribution in [2.24, 2.45) is 0 Å². The molecule has 0 aromatic carbocycles. The Bertz CT molecular complexity index is 639. The van der Waals surface area contributed by atoms with E-state index in [-0.39, 0.29) is 18.8 Å². The predicted octanol–water partition coefficient (Wildman–Crippen LogP) is 1.77. The lowest BCUT2D eigenvalue weighted by Crippen LogP contribution is -2.24. The first kappa shape index (κ1) is 14.2. The van der Waals surface area contributed by atoms with Crippen LogP contribution in [0.3, 0.4) is 0 Å². The van der Waals surface area contributed by atoms with Crippen LogP contribution in [0.1, 0.15) is 12.6 Å². The topological polar surface area (TPSA) is 97.8 Å². The first-order valence-electron chi connectivity index (χ1n) is 6.44. The molecule has 7 nitrogen and oxygen atoms in total. The van der Waals surface area contributed by atoms with Crippen LogP contribution in [0.5, 0.6) is 0 Å². The van der Waals surface area contributed by atoms with Gasteiger partial charge in [-0.3, -0.25) is 0 Å². The van der Waals surface area contributed by atoms with E-state index >= 15 is 0 Å². The molecule has 21 heavy (non-hydrogen) atoms. The summed E-state index contributed by atoms with van der Waals surface area (Å²) in [5, 5.41) is 32.0. The second kappa shape index (κ2) is 5.57. The lowest BCUT2D eigenvalue weighted by Gasteiger charge is -2.10. The van der Waals surface area contributed by atoms with Gasteiger partial charge in [0.15, 0.2) is 0 Å². The maximum absolute atomic E-state index is 11.2. The van der Waals surface area contributed by atoms with Crippen molar-refractivity contribution in [1.29, 1.82) is 0 Å². The summed E-state index contributed by atoms with van der Waals surface area (Å²) in [7, 11) is 0. The normalized spacial score (nSPS) is 25.3. The summed E-state index contributed by atoms with van der Waals surface area (Å²) in [6.45, 7) is -0.315. The number of rotatable bonds is 4. The van der Waals surface area contributed by atoms with E-state index in [0.29, 0.717) is 0 Å². The molecule has 3 atom stereocenters. The summed E-state index contributed by atoms with van der Waals surface area (Å²) >= 11 is 1.49. The fourth-order valence-electron chi connectivity index (χ4n) is 2.47. The highest BCUT2D eigenvalue weighted by molar-refractivity contribution is 7.13. The van der Waals surface area contributed by atoms with Crippen molar-refractivity contribution >= 4 is 17.2 Å². The molecule has 1 aliphatic heterocycles. The lowest BCUT2D eigenvalue weighted by molar-refractivity contribution is -0.393. The Balaban J connectivity index is 1.96. The molecule has 0 spiro atoms. The highest BCUT2D eigenvalue weighted by atomic mass is 32.1. The quantitative estimate of drug-likeness (QED) is 0.662. The Morgan fingerprint density at radius 2 is 2.38 bits per heavy atom. The molecule has 2 N–H and O–H groups in total. The summed E-state index contributed by atoms with van der Waals surface area (Å²) in [4.78, 5) is 11.7. The number of thiophene rings is 1. The van der Waals surface area contributed by atoms with Gasteiger partial charge in [-0.05, 0) is 16.4 Å². The predicted molar refractivity (Wildman–Crippen MR) is 76.0 cm³/mol. The van der Waals surface area contributed by atoms with E-state index in [9.17, 15) is 15.2 Å².